The van der Waals surface area contributed by atoms with Gasteiger partial charge in [0.25, 0.3) is 0 Å². The topological polar surface area (TPSA) is 44.8 Å². The Bertz CT molecular complexity index is 112. The van der Waals surface area contributed by atoms with E-state index < -0.39 is 6.16 Å². The van der Waals surface area contributed by atoms with E-state index in [2.05, 4.69) is 9.47 Å². The lowest BCUT2D eigenvalue weighted by atomic mass is 10.4. The summed E-state index contributed by atoms with van der Waals surface area (Å²) in [6, 6.07) is 0. The third kappa shape index (κ3) is 1.57. The van der Waals surface area contributed by atoms with Crippen molar-refractivity contribution < 1.29 is 19.0 Å². The molecular weight excluding hydrogens is 124 g/mol. The highest BCUT2D eigenvalue weighted by atomic mass is 16.8. The van der Waals surface area contributed by atoms with Crippen LogP contribution in [0.15, 0.2) is 0 Å². The van der Waals surface area contributed by atoms with Crippen LogP contribution in [-0.2, 0) is 14.2 Å². The van der Waals surface area contributed by atoms with Crippen molar-refractivity contribution in [1.82, 2.24) is 0 Å². The van der Waals surface area contributed by atoms with Gasteiger partial charge in [0, 0.05) is 7.11 Å². The lowest BCUT2D eigenvalue weighted by Crippen LogP contribution is -2.16. The van der Waals surface area contributed by atoms with E-state index in [-0.39, 0.29) is 6.10 Å². The lowest BCUT2D eigenvalue weighted by Gasteiger charge is -2.01. The fourth-order valence-electron chi connectivity index (χ4n) is 0.633. The average molecular weight is 132 g/mol. The molecule has 1 rings (SSSR count). The summed E-state index contributed by atoms with van der Waals surface area (Å²) in [4.78, 5) is 10.2. The summed E-state index contributed by atoms with van der Waals surface area (Å²) in [6.07, 6.45) is -0.806. The monoisotopic (exact) mass is 132 g/mol. The van der Waals surface area contributed by atoms with E-state index in [1.54, 1.807) is 7.11 Å². The highest BCUT2D eigenvalue weighted by Gasteiger charge is 2.24. The smallest absolute Gasteiger partial charge is 0.430 e. The minimum Gasteiger partial charge on any atom is -0.430 e. The number of ether oxygens (including phenoxy) is 3. The van der Waals surface area contributed by atoms with Crippen LogP contribution in [0.4, 0.5) is 4.79 Å². The van der Waals surface area contributed by atoms with Crippen molar-refractivity contribution in [1.29, 1.82) is 0 Å². The number of methoxy groups -OCH3 is 1. The zero-order chi connectivity index (χ0) is 6.69. The molecule has 0 bridgehead atoms. The third-order valence-electron chi connectivity index (χ3n) is 1.00. The highest BCUT2D eigenvalue weighted by molar-refractivity contribution is 5.61. The van der Waals surface area contributed by atoms with Gasteiger partial charge in [0.1, 0.15) is 6.61 Å². The van der Waals surface area contributed by atoms with Crippen LogP contribution in [0.3, 0.4) is 0 Å². The molecule has 0 radical (unpaired) electrons. The van der Waals surface area contributed by atoms with Gasteiger partial charge >= 0.3 is 6.16 Å². The average Bonchev–Trinajstić information content (AvgIpc) is 2.17. The van der Waals surface area contributed by atoms with Gasteiger partial charge in [-0.05, 0) is 0 Å². The fourth-order valence-corrected chi connectivity index (χ4v) is 0.633. The molecule has 4 heteroatoms. The number of carbonyl (C=O) groups excluding carboxylic acids is 1. The molecule has 0 aromatic heterocycles. The molecule has 1 atom stereocenters. The van der Waals surface area contributed by atoms with Gasteiger partial charge in [0.15, 0.2) is 6.10 Å². The van der Waals surface area contributed by atoms with E-state index >= 15 is 0 Å². The first-order valence-corrected chi connectivity index (χ1v) is 2.65. The van der Waals surface area contributed by atoms with Crippen molar-refractivity contribution in [2.24, 2.45) is 0 Å². The van der Waals surface area contributed by atoms with Crippen molar-refractivity contribution >= 4 is 6.16 Å². The van der Waals surface area contributed by atoms with Crippen LogP contribution in [0.5, 0.6) is 0 Å². The largest absolute Gasteiger partial charge is 0.508 e. The van der Waals surface area contributed by atoms with E-state index in [4.69, 9.17) is 4.74 Å². The molecule has 1 heterocycles. The molecule has 0 aromatic rings. The predicted molar refractivity (Wildman–Crippen MR) is 28.1 cm³/mol. The van der Waals surface area contributed by atoms with E-state index in [0.717, 1.165) is 0 Å². The fraction of sp³-hybridized carbons (Fsp3) is 0.800. The molecule has 0 spiro atoms. The van der Waals surface area contributed by atoms with Gasteiger partial charge in [-0.1, -0.05) is 0 Å². The van der Waals surface area contributed by atoms with Crippen LogP contribution in [0.1, 0.15) is 0 Å². The maximum Gasteiger partial charge on any atom is 0.508 e. The molecule has 4 nitrogen and oxygen atoms in total. The van der Waals surface area contributed by atoms with Gasteiger partial charge in [-0.15, -0.1) is 0 Å². The normalized spacial score (nSPS) is 25.4. The van der Waals surface area contributed by atoms with Gasteiger partial charge in [-0.3, -0.25) is 0 Å². The summed E-state index contributed by atoms with van der Waals surface area (Å²) in [6.45, 7) is 0.721. The van der Waals surface area contributed by atoms with Crippen LogP contribution >= 0.6 is 0 Å². The molecule has 1 aliphatic rings. The molecule has 1 saturated heterocycles. The maximum absolute atomic E-state index is 10.2. The van der Waals surface area contributed by atoms with E-state index in [1.807, 2.05) is 0 Å². The van der Waals surface area contributed by atoms with Crippen LogP contribution in [0.2, 0.25) is 0 Å². The Morgan fingerprint density at radius 3 is 3.11 bits per heavy atom. The molecule has 52 valence electrons. The summed E-state index contributed by atoms with van der Waals surface area (Å²) < 4.78 is 13.8. The SMILES string of the molecule is COC[C@H]1COC(=O)O1. The van der Waals surface area contributed by atoms with Gasteiger partial charge in [-0.25, -0.2) is 4.79 Å². The number of cyclic esters (lactones) is 2. The zero-order valence-electron chi connectivity index (χ0n) is 5.12. The Labute approximate surface area is 52.7 Å². The Hall–Kier alpha value is -0.770. The van der Waals surface area contributed by atoms with Crippen molar-refractivity contribution in [3.8, 4) is 0 Å². The first-order valence-electron chi connectivity index (χ1n) is 2.65. The molecule has 0 N–H and O–H groups in total. The van der Waals surface area contributed by atoms with Crippen LogP contribution in [-0.4, -0.2) is 32.6 Å². The predicted octanol–water partition coefficient (Wildman–Crippen LogP) is 0.168. The van der Waals surface area contributed by atoms with Crippen LogP contribution in [0, 0.1) is 0 Å². The number of rotatable bonds is 2. The molecule has 1 fully saturated rings. The Morgan fingerprint density at radius 2 is 2.67 bits per heavy atom. The van der Waals surface area contributed by atoms with Gasteiger partial charge in [-0.2, -0.15) is 0 Å². The first-order chi connectivity index (χ1) is 4.33. The second kappa shape index (κ2) is 2.68. The van der Waals surface area contributed by atoms with Crippen molar-refractivity contribution in [3.63, 3.8) is 0 Å². The van der Waals surface area contributed by atoms with Crippen LogP contribution < -0.4 is 0 Å². The molecule has 0 aromatic carbocycles. The maximum atomic E-state index is 10.2. The molecule has 1 aliphatic heterocycles. The third-order valence-corrected chi connectivity index (χ3v) is 1.00. The molecule has 0 unspecified atom stereocenters. The zero-order valence-corrected chi connectivity index (χ0v) is 5.12. The molecule has 0 saturated carbocycles. The first kappa shape index (κ1) is 6.35. The second-order valence-corrected chi connectivity index (χ2v) is 1.76. The van der Waals surface area contributed by atoms with Gasteiger partial charge in [0.05, 0.1) is 6.61 Å². The highest BCUT2D eigenvalue weighted by Crippen LogP contribution is 2.04. The molecule has 0 amide bonds. The standard InChI is InChI=1S/C5H8O4/c1-7-2-4-3-8-5(6)9-4/h4H,2-3H2,1H3/t4-/m0/s1. The number of carbonyl (C=O) groups is 1. The van der Waals surface area contributed by atoms with E-state index in [0.29, 0.717) is 13.2 Å². The minimum absolute atomic E-state index is 0.206. The van der Waals surface area contributed by atoms with Crippen molar-refractivity contribution in [2.75, 3.05) is 20.3 Å². The Morgan fingerprint density at radius 1 is 1.89 bits per heavy atom. The number of hydrogen-bond acceptors (Lipinski definition) is 4. The summed E-state index contributed by atoms with van der Waals surface area (Å²) >= 11 is 0. The van der Waals surface area contributed by atoms with Crippen molar-refractivity contribution in [3.05, 3.63) is 0 Å². The molecule has 0 aliphatic carbocycles. The van der Waals surface area contributed by atoms with E-state index in [1.165, 1.54) is 0 Å². The summed E-state index contributed by atoms with van der Waals surface area (Å²) in [7, 11) is 1.55. The van der Waals surface area contributed by atoms with E-state index in [9.17, 15) is 4.79 Å². The summed E-state index contributed by atoms with van der Waals surface area (Å²) in [5.41, 5.74) is 0. The Kier molecular flexibility index (Phi) is 1.89. The number of hydrogen-bond donors (Lipinski definition) is 0. The molecular formula is C5H8O4. The lowest BCUT2D eigenvalue weighted by molar-refractivity contribution is 0.0709. The quantitative estimate of drug-likeness (QED) is 0.502. The van der Waals surface area contributed by atoms with Gasteiger partial charge in [0.2, 0.25) is 0 Å². The van der Waals surface area contributed by atoms with Crippen molar-refractivity contribution in [2.45, 2.75) is 6.10 Å². The summed E-state index contributed by atoms with van der Waals surface area (Å²) in [5.74, 6) is 0. The van der Waals surface area contributed by atoms with Crippen LogP contribution in [0.25, 0.3) is 0 Å². The molecule has 9 heavy (non-hydrogen) atoms. The van der Waals surface area contributed by atoms with Gasteiger partial charge < -0.3 is 14.2 Å². The minimum atomic E-state index is -0.600. The second-order valence-electron chi connectivity index (χ2n) is 1.76. The Balaban J connectivity index is 2.22. The summed E-state index contributed by atoms with van der Waals surface area (Å²) in [5, 5.41) is 0.